The summed E-state index contributed by atoms with van der Waals surface area (Å²) in [5.74, 6) is 1.69. The Bertz CT molecular complexity index is 467. The molecule has 1 aromatic carbocycles. The van der Waals surface area contributed by atoms with Crippen LogP contribution in [0.4, 0.5) is 0 Å². The molecule has 0 amide bonds. The summed E-state index contributed by atoms with van der Waals surface area (Å²) in [5.41, 5.74) is 0.995. The van der Waals surface area contributed by atoms with E-state index < -0.39 is 0 Å². The molecule has 0 radical (unpaired) electrons. The van der Waals surface area contributed by atoms with E-state index in [0.717, 1.165) is 17.3 Å². The Balaban J connectivity index is 2.37. The van der Waals surface area contributed by atoms with E-state index in [2.05, 4.69) is 15.5 Å². The lowest BCUT2D eigenvalue weighted by Crippen LogP contribution is -2.11. The molecule has 0 saturated carbocycles. The second-order valence-electron chi connectivity index (χ2n) is 3.35. The maximum absolute atomic E-state index is 5.18. The summed E-state index contributed by atoms with van der Waals surface area (Å²) in [7, 11) is 3.53. The zero-order chi connectivity index (χ0) is 11.4. The molecule has 16 heavy (non-hydrogen) atoms. The minimum absolute atomic E-state index is 0.678. The number of rotatable bonds is 4. The third kappa shape index (κ3) is 2.04. The van der Waals surface area contributed by atoms with Gasteiger partial charge in [-0.3, -0.25) is 4.57 Å². The maximum atomic E-state index is 5.18. The first-order valence-electron chi connectivity index (χ1n) is 5.03. The van der Waals surface area contributed by atoms with Crippen LogP contribution in [0, 0.1) is 0 Å². The first-order chi connectivity index (χ1) is 7.85. The number of nitrogens with zero attached hydrogens (tertiary/aromatic N) is 3. The van der Waals surface area contributed by atoms with Crippen LogP contribution in [0.5, 0.6) is 5.75 Å². The lowest BCUT2D eigenvalue weighted by atomic mass is 10.3. The summed E-state index contributed by atoms with van der Waals surface area (Å²) >= 11 is 0. The molecular weight excluding hydrogens is 204 g/mol. The lowest BCUT2D eigenvalue weighted by Gasteiger charge is -2.07. The third-order valence-electron chi connectivity index (χ3n) is 2.28. The molecule has 2 aromatic rings. The lowest BCUT2D eigenvalue weighted by molar-refractivity contribution is 0.414. The van der Waals surface area contributed by atoms with E-state index in [1.54, 1.807) is 13.4 Å². The van der Waals surface area contributed by atoms with Crippen LogP contribution in [0.2, 0.25) is 0 Å². The van der Waals surface area contributed by atoms with Gasteiger partial charge in [-0.15, -0.1) is 10.2 Å². The SMILES string of the molecule is CNCc1nncn1-c1cccc(OC)c1. The Hall–Kier alpha value is -1.88. The van der Waals surface area contributed by atoms with Crippen molar-refractivity contribution in [1.29, 1.82) is 0 Å². The topological polar surface area (TPSA) is 52.0 Å². The van der Waals surface area contributed by atoms with E-state index >= 15 is 0 Å². The first-order valence-corrected chi connectivity index (χ1v) is 5.03. The predicted molar refractivity (Wildman–Crippen MR) is 60.7 cm³/mol. The molecule has 0 fully saturated rings. The molecular formula is C11H14N4O. The minimum atomic E-state index is 0.678. The number of hydrogen-bond acceptors (Lipinski definition) is 4. The van der Waals surface area contributed by atoms with Gasteiger partial charge in [-0.25, -0.2) is 0 Å². The molecule has 1 aromatic heterocycles. The van der Waals surface area contributed by atoms with Crippen molar-refractivity contribution in [2.45, 2.75) is 6.54 Å². The van der Waals surface area contributed by atoms with Crippen molar-refractivity contribution in [2.24, 2.45) is 0 Å². The third-order valence-corrected chi connectivity index (χ3v) is 2.28. The van der Waals surface area contributed by atoms with Crippen LogP contribution in [-0.2, 0) is 6.54 Å². The largest absolute Gasteiger partial charge is 0.497 e. The second-order valence-corrected chi connectivity index (χ2v) is 3.35. The van der Waals surface area contributed by atoms with Gasteiger partial charge in [0.25, 0.3) is 0 Å². The van der Waals surface area contributed by atoms with Crippen molar-refractivity contribution < 1.29 is 4.74 Å². The molecule has 0 aliphatic carbocycles. The van der Waals surface area contributed by atoms with Gasteiger partial charge in [0, 0.05) is 6.07 Å². The average Bonchev–Trinajstić information content (AvgIpc) is 2.78. The van der Waals surface area contributed by atoms with E-state index in [9.17, 15) is 0 Å². The molecule has 0 aliphatic heterocycles. The van der Waals surface area contributed by atoms with Crippen LogP contribution in [-0.4, -0.2) is 28.9 Å². The van der Waals surface area contributed by atoms with Crippen LogP contribution in [0.15, 0.2) is 30.6 Å². The van der Waals surface area contributed by atoms with Crippen molar-refractivity contribution in [1.82, 2.24) is 20.1 Å². The number of methoxy groups -OCH3 is 1. The zero-order valence-corrected chi connectivity index (χ0v) is 9.34. The second kappa shape index (κ2) is 4.76. The van der Waals surface area contributed by atoms with Crippen molar-refractivity contribution >= 4 is 0 Å². The number of nitrogens with one attached hydrogen (secondary N) is 1. The summed E-state index contributed by atoms with van der Waals surface area (Å²) in [5, 5.41) is 11.0. The molecule has 0 saturated heterocycles. The van der Waals surface area contributed by atoms with Crippen molar-refractivity contribution in [3.8, 4) is 11.4 Å². The highest BCUT2D eigenvalue weighted by Crippen LogP contribution is 2.16. The zero-order valence-electron chi connectivity index (χ0n) is 9.34. The predicted octanol–water partition coefficient (Wildman–Crippen LogP) is 0.995. The summed E-state index contributed by atoms with van der Waals surface area (Å²) in [6.45, 7) is 0.678. The van der Waals surface area contributed by atoms with E-state index in [1.807, 2.05) is 35.9 Å². The highest BCUT2D eigenvalue weighted by molar-refractivity contribution is 5.39. The molecule has 5 nitrogen and oxygen atoms in total. The van der Waals surface area contributed by atoms with Gasteiger partial charge in [0.2, 0.25) is 0 Å². The van der Waals surface area contributed by atoms with Gasteiger partial charge < -0.3 is 10.1 Å². The number of hydrogen-bond donors (Lipinski definition) is 1. The van der Waals surface area contributed by atoms with Crippen molar-refractivity contribution in [3.63, 3.8) is 0 Å². The van der Waals surface area contributed by atoms with Gasteiger partial charge in [0.05, 0.1) is 19.3 Å². The molecule has 0 spiro atoms. The molecule has 0 bridgehead atoms. The molecule has 1 N–H and O–H groups in total. The molecule has 5 heteroatoms. The Morgan fingerprint density at radius 3 is 3.06 bits per heavy atom. The summed E-state index contributed by atoms with van der Waals surface area (Å²) < 4.78 is 7.11. The molecule has 0 aliphatic rings. The molecule has 0 atom stereocenters. The standard InChI is InChI=1S/C11H14N4O/c1-12-7-11-14-13-8-15(11)9-4-3-5-10(6-9)16-2/h3-6,8,12H,7H2,1-2H3. The van der Waals surface area contributed by atoms with E-state index in [-0.39, 0.29) is 0 Å². The van der Waals surface area contributed by atoms with Gasteiger partial charge in [0.15, 0.2) is 5.82 Å². The fraction of sp³-hybridized carbons (Fsp3) is 0.273. The summed E-state index contributed by atoms with van der Waals surface area (Å²) in [6, 6.07) is 7.79. The molecule has 1 heterocycles. The van der Waals surface area contributed by atoms with E-state index in [0.29, 0.717) is 6.54 Å². The molecule has 2 rings (SSSR count). The van der Waals surface area contributed by atoms with Gasteiger partial charge >= 0.3 is 0 Å². The van der Waals surface area contributed by atoms with Crippen LogP contribution in [0.1, 0.15) is 5.82 Å². The average molecular weight is 218 g/mol. The highest BCUT2D eigenvalue weighted by atomic mass is 16.5. The first kappa shape index (κ1) is 10.6. The summed E-state index contributed by atoms with van der Waals surface area (Å²) in [6.07, 6.45) is 1.70. The van der Waals surface area contributed by atoms with Gasteiger partial charge in [0.1, 0.15) is 12.1 Å². The normalized spacial score (nSPS) is 10.4. The van der Waals surface area contributed by atoms with Crippen molar-refractivity contribution in [2.75, 3.05) is 14.2 Å². The number of aromatic nitrogens is 3. The van der Waals surface area contributed by atoms with Gasteiger partial charge in [-0.2, -0.15) is 0 Å². The van der Waals surface area contributed by atoms with Gasteiger partial charge in [-0.05, 0) is 19.2 Å². The van der Waals surface area contributed by atoms with Crippen LogP contribution in [0.3, 0.4) is 0 Å². The van der Waals surface area contributed by atoms with Crippen LogP contribution in [0.25, 0.3) is 5.69 Å². The molecule has 84 valence electrons. The number of ether oxygens (including phenoxy) is 1. The van der Waals surface area contributed by atoms with Gasteiger partial charge in [-0.1, -0.05) is 6.07 Å². The summed E-state index contributed by atoms with van der Waals surface area (Å²) in [4.78, 5) is 0. The molecule has 0 unspecified atom stereocenters. The fourth-order valence-corrected chi connectivity index (χ4v) is 1.51. The highest BCUT2D eigenvalue weighted by Gasteiger charge is 2.05. The van der Waals surface area contributed by atoms with Crippen LogP contribution < -0.4 is 10.1 Å². The number of benzene rings is 1. The van der Waals surface area contributed by atoms with E-state index in [1.165, 1.54) is 0 Å². The van der Waals surface area contributed by atoms with E-state index in [4.69, 9.17) is 4.74 Å². The monoisotopic (exact) mass is 218 g/mol. The maximum Gasteiger partial charge on any atom is 0.151 e. The fourth-order valence-electron chi connectivity index (χ4n) is 1.51. The quantitative estimate of drug-likeness (QED) is 0.831. The Morgan fingerprint density at radius 2 is 2.31 bits per heavy atom. The minimum Gasteiger partial charge on any atom is -0.497 e. The smallest absolute Gasteiger partial charge is 0.151 e. The Morgan fingerprint density at radius 1 is 1.44 bits per heavy atom. The Kier molecular flexibility index (Phi) is 3.16. The Labute approximate surface area is 94.1 Å². The van der Waals surface area contributed by atoms with Crippen molar-refractivity contribution in [3.05, 3.63) is 36.4 Å². The van der Waals surface area contributed by atoms with Crippen LogP contribution >= 0.6 is 0 Å².